The summed E-state index contributed by atoms with van der Waals surface area (Å²) in [7, 11) is 0. The fraction of sp³-hybridized carbons (Fsp3) is 0.278. The molecule has 2 aromatic carbocycles. The molecule has 118 valence electrons. The van der Waals surface area contributed by atoms with Gasteiger partial charge in [0, 0.05) is 30.8 Å². The standard InChI is InChI=1S/C18H18N2O3/c21-8-4-7-20-15-12-17-16(22-9-10-23-17)11-14(15)19-18(20)13-5-2-1-3-6-13/h1-3,5-6,11-12,21H,4,7-10H2. The largest absolute Gasteiger partial charge is 0.486 e. The Morgan fingerprint density at radius 1 is 1.04 bits per heavy atom. The molecule has 5 nitrogen and oxygen atoms in total. The van der Waals surface area contributed by atoms with Gasteiger partial charge in [-0.25, -0.2) is 4.98 Å². The number of hydrogen-bond acceptors (Lipinski definition) is 4. The van der Waals surface area contributed by atoms with Crippen LogP contribution in [0.25, 0.3) is 22.4 Å². The highest BCUT2D eigenvalue weighted by atomic mass is 16.6. The maximum atomic E-state index is 9.21. The van der Waals surface area contributed by atoms with E-state index >= 15 is 0 Å². The number of aliphatic hydroxyl groups excluding tert-OH is 1. The van der Waals surface area contributed by atoms with Crippen molar-refractivity contribution in [2.75, 3.05) is 19.8 Å². The Hall–Kier alpha value is -2.53. The molecule has 23 heavy (non-hydrogen) atoms. The second-order valence-corrected chi connectivity index (χ2v) is 5.51. The number of fused-ring (bicyclic) bond motifs is 2. The van der Waals surface area contributed by atoms with E-state index < -0.39 is 0 Å². The highest BCUT2D eigenvalue weighted by molar-refractivity contribution is 5.84. The summed E-state index contributed by atoms with van der Waals surface area (Å²) in [6.45, 7) is 1.99. The van der Waals surface area contributed by atoms with Gasteiger partial charge in [0.2, 0.25) is 0 Å². The third-order valence-corrected chi connectivity index (χ3v) is 3.98. The Kier molecular flexibility index (Phi) is 3.63. The van der Waals surface area contributed by atoms with Crippen molar-refractivity contribution >= 4 is 11.0 Å². The minimum Gasteiger partial charge on any atom is -0.486 e. The van der Waals surface area contributed by atoms with Crippen LogP contribution in [0.1, 0.15) is 6.42 Å². The van der Waals surface area contributed by atoms with E-state index in [0.29, 0.717) is 26.2 Å². The maximum absolute atomic E-state index is 9.21. The van der Waals surface area contributed by atoms with Gasteiger partial charge in [-0.05, 0) is 6.42 Å². The molecule has 4 rings (SSSR count). The number of imidazole rings is 1. The SMILES string of the molecule is OCCCn1c(-c2ccccc2)nc2cc3c(cc21)OCCO3. The lowest BCUT2D eigenvalue weighted by molar-refractivity contribution is 0.172. The first-order chi connectivity index (χ1) is 11.4. The van der Waals surface area contributed by atoms with E-state index in [2.05, 4.69) is 4.57 Å². The van der Waals surface area contributed by atoms with Crippen LogP contribution < -0.4 is 9.47 Å². The summed E-state index contributed by atoms with van der Waals surface area (Å²) >= 11 is 0. The predicted molar refractivity (Wildman–Crippen MR) is 87.9 cm³/mol. The molecule has 0 spiro atoms. The fourth-order valence-corrected chi connectivity index (χ4v) is 2.92. The van der Waals surface area contributed by atoms with Gasteiger partial charge in [-0.15, -0.1) is 0 Å². The van der Waals surface area contributed by atoms with E-state index in [1.165, 1.54) is 0 Å². The van der Waals surface area contributed by atoms with Gasteiger partial charge in [0.05, 0.1) is 11.0 Å². The lowest BCUT2D eigenvalue weighted by atomic mass is 10.2. The van der Waals surface area contributed by atoms with Gasteiger partial charge < -0.3 is 19.1 Å². The van der Waals surface area contributed by atoms with Gasteiger partial charge in [0.15, 0.2) is 11.5 Å². The van der Waals surface area contributed by atoms with E-state index in [9.17, 15) is 5.11 Å². The molecular weight excluding hydrogens is 292 g/mol. The lowest BCUT2D eigenvalue weighted by Crippen LogP contribution is -2.15. The molecule has 1 aliphatic heterocycles. The molecule has 2 heterocycles. The van der Waals surface area contributed by atoms with E-state index in [-0.39, 0.29) is 6.61 Å². The molecular formula is C18H18N2O3. The number of ether oxygens (including phenoxy) is 2. The molecule has 3 aromatic rings. The van der Waals surface area contributed by atoms with Gasteiger partial charge in [-0.2, -0.15) is 0 Å². The molecule has 0 atom stereocenters. The van der Waals surface area contributed by atoms with Crippen LogP contribution >= 0.6 is 0 Å². The number of aromatic nitrogens is 2. The highest BCUT2D eigenvalue weighted by Crippen LogP contribution is 2.36. The van der Waals surface area contributed by atoms with Crippen LogP contribution in [0.3, 0.4) is 0 Å². The van der Waals surface area contributed by atoms with Crippen molar-refractivity contribution in [2.24, 2.45) is 0 Å². The summed E-state index contributed by atoms with van der Waals surface area (Å²) in [5, 5.41) is 9.21. The minimum atomic E-state index is 0.151. The van der Waals surface area contributed by atoms with E-state index in [1.807, 2.05) is 42.5 Å². The van der Waals surface area contributed by atoms with Crippen molar-refractivity contribution < 1.29 is 14.6 Å². The predicted octanol–water partition coefficient (Wildman–Crippen LogP) is 2.86. The van der Waals surface area contributed by atoms with Crippen LogP contribution in [-0.2, 0) is 6.54 Å². The molecule has 0 aliphatic carbocycles. The van der Waals surface area contributed by atoms with Crippen LogP contribution in [-0.4, -0.2) is 34.5 Å². The normalized spacial score (nSPS) is 13.4. The molecule has 0 amide bonds. The van der Waals surface area contributed by atoms with Crippen LogP contribution in [0.2, 0.25) is 0 Å². The van der Waals surface area contributed by atoms with E-state index in [1.54, 1.807) is 0 Å². The van der Waals surface area contributed by atoms with Gasteiger partial charge in [0.1, 0.15) is 19.0 Å². The van der Waals surface area contributed by atoms with Gasteiger partial charge in [-0.1, -0.05) is 30.3 Å². The molecule has 0 bridgehead atoms. The van der Waals surface area contributed by atoms with Crippen molar-refractivity contribution in [2.45, 2.75) is 13.0 Å². The van der Waals surface area contributed by atoms with Crippen LogP contribution in [0.4, 0.5) is 0 Å². The summed E-state index contributed by atoms with van der Waals surface area (Å²) in [4.78, 5) is 4.79. The number of benzene rings is 2. The first kappa shape index (κ1) is 14.1. The van der Waals surface area contributed by atoms with E-state index in [0.717, 1.165) is 33.9 Å². The Labute approximate surface area is 134 Å². The van der Waals surface area contributed by atoms with Gasteiger partial charge in [0.25, 0.3) is 0 Å². The molecule has 0 fully saturated rings. The Morgan fingerprint density at radius 2 is 1.78 bits per heavy atom. The molecule has 0 radical (unpaired) electrons. The number of aryl methyl sites for hydroxylation is 1. The average molecular weight is 310 g/mol. The summed E-state index contributed by atoms with van der Waals surface area (Å²) < 4.78 is 13.5. The smallest absolute Gasteiger partial charge is 0.163 e. The molecule has 1 aromatic heterocycles. The molecule has 0 unspecified atom stereocenters. The summed E-state index contributed by atoms with van der Waals surface area (Å²) in [6.07, 6.45) is 0.680. The van der Waals surface area contributed by atoms with Crippen molar-refractivity contribution in [3.63, 3.8) is 0 Å². The molecule has 0 saturated carbocycles. The molecule has 1 N–H and O–H groups in total. The number of aliphatic hydroxyl groups is 1. The second-order valence-electron chi connectivity index (χ2n) is 5.51. The minimum absolute atomic E-state index is 0.151. The summed E-state index contributed by atoms with van der Waals surface area (Å²) in [5.74, 6) is 2.40. The monoisotopic (exact) mass is 310 g/mol. The van der Waals surface area contributed by atoms with Crippen molar-refractivity contribution in [3.05, 3.63) is 42.5 Å². The third-order valence-electron chi connectivity index (χ3n) is 3.98. The first-order valence-electron chi connectivity index (χ1n) is 7.83. The Balaban J connectivity index is 1.90. The van der Waals surface area contributed by atoms with Crippen molar-refractivity contribution in [1.82, 2.24) is 9.55 Å². The Bertz CT molecular complexity index is 827. The maximum Gasteiger partial charge on any atom is 0.163 e. The zero-order chi connectivity index (χ0) is 15.6. The average Bonchev–Trinajstić information content (AvgIpc) is 2.96. The topological polar surface area (TPSA) is 56.5 Å². The molecule has 5 heteroatoms. The first-order valence-corrected chi connectivity index (χ1v) is 7.83. The summed E-state index contributed by atoms with van der Waals surface area (Å²) in [6, 6.07) is 14.0. The van der Waals surface area contributed by atoms with Crippen LogP contribution in [0.5, 0.6) is 11.5 Å². The van der Waals surface area contributed by atoms with Crippen LogP contribution in [0, 0.1) is 0 Å². The van der Waals surface area contributed by atoms with Gasteiger partial charge in [-0.3, -0.25) is 0 Å². The van der Waals surface area contributed by atoms with Gasteiger partial charge >= 0.3 is 0 Å². The lowest BCUT2D eigenvalue weighted by Gasteiger charge is -2.18. The number of nitrogens with zero attached hydrogens (tertiary/aromatic N) is 2. The summed E-state index contributed by atoms with van der Waals surface area (Å²) in [5.41, 5.74) is 2.94. The van der Waals surface area contributed by atoms with Crippen molar-refractivity contribution in [1.29, 1.82) is 0 Å². The molecule has 0 saturated heterocycles. The third kappa shape index (κ3) is 2.53. The quantitative estimate of drug-likeness (QED) is 0.805. The van der Waals surface area contributed by atoms with E-state index in [4.69, 9.17) is 14.5 Å². The van der Waals surface area contributed by atoms with Crippen molar-refractivity contribution in [3.8, 4) is 22.9 Å². The second kappa shape index (κ2) is 5.93. The molecule has 1 aliphatic rings. The zero-order valence-corrected chi connectivity index (χ0v) is 12.7. The number of rotatable bonds is 4. The zero-order valence-electron chi connectivity index (χ0n) is 12.7. The Morgan fingerprint density at radius 3 is 2.52 bits per heavy atom. The number of hydrogen-bond donors (Lipinski definition) is 1. The highest BCUT2D eigenvalue weighted by Gasteiger charge is 2.18. The fourth-order valence-electron chi connectivity index (χ4n) is 2.92. The van der Waals surface area contributed by atoms with Crippen LogP contribution in [0.15, 0.2) is 42.5 Å².